The number of halogens is 1. The Kier molecular flexibility index (Phi) is 9.29. The Morgan fingerprint density at radius 2 is 1.19 bits per heavy atom. The van der Waals surface area contributed by atoms with Gasteiger partial charge in [-0.25, -0.2) is 18.8 Å². The van der Waals surface area contributed by atoms with Crippen LogP contribution in [0.1, 0.15) is 27.7 Å². The molecule has 0 aliphatic heterocycles. The van der Waals surface area contributed by atoms with Crippen molar-refractivity contribution in [2.75, 3.05) is 0 Å². The fourth-order valence-electron chi connectivity index (χ4n) is 2.58. The van der Waals surface area contributed by atoms with Crippen LogP contribution in [0.25, 0.3) is 11.1 Å². The Morgan fingerprint density at radius 1 is 0.730 bits per heavy atom. The first-order valence-corrected chi connectivity index (χ1v) is 10.8. The predicted octanol–water partition coefficient (Wildman–Crippen LogP) is 5.21. The van der Waals surface area contributed by atoms with Crippen molar-refractivity contribution in [2.45, 2.75) is 34.0 Å². The van der Waals surface area contributed by atoms with Crippen molar-refractivity contribution in [3.8, 4) is 34.1 Å². The summed E-state index contributed by atoms with van der Waals surface area (Å²) in [6.07, 6.45) is -1.35. The highest BCUT2D eigenvalue weighted by Gasteiger charge is 2.23. The van der Waals surface area contributed by atoms with Crippen molar-refractivity contribution in [2.24, 2.45) is 0 Å². The van der Waals surface area contributed by atoms with Crippen molar-refractivity contribution < 1.29 is 42.8 Å². The van der Waals surface area contributed by atoms with Crippen LogP contribution >= 0.6 is 0 Å². The zero-order chi connectivity index (χ0) is 28.0. The lowest BCUT2D eigenvalue weighted by Crippen LogP contribution is -2.16. The fraction of sp³-hybridized carbons (Fsp3) is 0.179. The van der Waals surface area contributed by atoms with Gasteiger partial charge in [0.2, 0.25) is 6.29 Å². The molecule has 2 aromatic rings. The van der Waals surface area contributed by atoms with Gasteiger partial charge in [-0.2, -0.15) is 0 Å². The summed E-state index contributed by atoms with van der Waals surface area (Å²) in [6.45, 7) is 19.9. The maximum atomic E-state index is 15.0. The van der Waals surface area contributed by atoms with Crippen LogP contribution in [0.5, 0.6) is 23.0 Å². The molecule has 2 rings (SSSR count). The Bertz CT molecular complexity index is 1320. The van der Waals surface area contributed by atoms with Crippen LogP contribution in [0.4, 0.5) is 4.39 Å². The molecule has 0 aliphatic rings. The highest BCUT2D eigenvalue weighted by atomic mass is 19.1. The lowest BCUT2D eigenvalue weighted by molar-refractivity contribution is -0.131. The molecule has 0 saturated carbocycles. The average molecular weight is 511 g/mol. The molecule has 1 N–H and O–H groups in total. The molecule has 0 amide bonds. The molecule has 1 atom stereocenters. The second-order valence-electron chi connectivity index (χ2n) is 8.26. The number of hydrogen-bond acceptors (Lipinski definition) is 8. The molecule has 2 aromatic carbocycles. The minimum Gasteiger partial charge on any atom is -0.461 e. The molecule has 0 aromatic heterocycles. The van der Waals surface area contributed by atoms with Crippen molar-refractivity contribution in [3.05, 3.63) is 84.8 Å². The normalized spacial score (nSPS) is 11.1. The van der Waals surface area contributed by atoms with E-state index in [1.165, 1.54) is 39.0 Å². The Balaban J connectivity index is 2.74. The smallest absolute Gasteiger partial charge is 0.338 e. The summed E-state index contributed by atoms with van der Waals surface area (Å²) in [7, 11) is 0. The van der Waals surface area contributed by atoms with Gasteiger partial charge in [0.05, 0.1) is 0 Å². The van der Waals surface area contributed by atoms with Gasteiger partial charge in [0, 0.05) is 40.0 Å². The third-order valence-corrected chi connectivity index (χ3v) is 4.60. The van der Waals surface area contributed by atoms with Crippen LogP contribution in [0, 0.1) is 5.82 Å². The van der Waals surface area contributed by atoms with Gasteiger partial charge in [0.15, 0.2) is 11.6 Å². The number of hydrogen-bond donors (Lipinski definition) is 1. The van der Waals surface area contributed by atoms with Crippen LogP contribution in [0.2, 0.25) is 0 Å². The second kappa shape index (κ2) is 12.0. The van der Waals surface area contributed by atoms with E-state index in [0.29, 0.717) is 5.57 Å². The maximum absolute atomic E-state index is 15.0. The summed E-state index contributed by atoms with van der Waals surface area (Å²) in [5.74, 6) is -4.28. The fourth-order valence-corrected chi connectivity index (χ4v) is 2.58. The van der Waals surface area contributed by atoms with Gasteiger partial charge < -0.3 is 24.1 Å². The third-order valence-electron chi connectivity index (χ3n) is 4.60. The summed E-state index contributed by atoms with van der Waals surface area (Å²) in [4.78, 5) is 36.6. The topological polar surface area (TPSA) is 108 Å². The number of benzene rings is 2. The average Bonchev–Trinajstić information content (AvgIpc) is 2.80. The predicted molar refractivity (Wildman–Crippen MR) is 135 cm³/mol. The van der Waals surface area contributed by atoms with E-state index in [4.69, 9.17) is 18.9 Å². The lowest BCUT2D eigenvalue weighted by atomic mass is 10.0. The monoisotopic (exact) mass is 510 g/mol. The first-order chi connectivity index (χ1) is 17.2. The Hall–Kier alpha value is -4.50. The summed E-state index contributed by atoms with van der Waals surface area (Å²) in [5.41, 5.74) is 0.529. The van der Waals surface area contributed by atoms with Gasteiger partial charge in [0.1, 0.15) is 17.2 Å². The number of aliphatic hydroxyl groups excluding tert-OH is 1. The second-order valence-corrected chi connectivity index (χ2v) is 8.26. The van der Waals surface area contributed by atoms with Gasteiger partial charge in [0.25, 0.3) is 0 Å². The molecule has 9 heteroatoms. The number of ether oxygens (including phenoxy) is 4. The highest BCUT2D eigenvalue weighted by Crippen LogP contribution is 2.42. The van der Waals surface area contributed by atoms with Gasteiger partial charge in [-0.3, -0.25) is 0 Å². The molecule has 37 heavy (non-hydrogen) atoms. The first-order valence-electron chi connectivity index (χ1n) is 10.8. The van der Waals surface area contributed by atoms with E-state index < -0.39 is 35.8 Å². The molecule has 0 heterocycles. The minimum atomic E-state index is -1.35. The molecular formula is C28H27FO8. The molecule has 0 fully saturated rings. The van der Waals surface area contributed by atoms with E-state index in [2.05, 4.69) is 26.3 Å². The molecular weight excluding hydrogens is 483 g/mol. The highest BCUT2D eigenvalue weighted by molar-refractivity contribution is 5.93. The lowest BCUT2D eigenvalue weighted by Gasteiger charge is -2.18. The summed E-state index contributed by atoms with van der Waals surface area (Å²) in [5, 5.41) is 9.99. The van der Waals surface area contributed by atoms with E-state index in [9.17, 15) is 19.5 Å². The first kappa shape index (κ1) is 28.7. The van der Waals surface area contributed by atoms with E-state index in [1.54, 1.807) is 6.92 Å². The molecule has 0 spiro atoms. The molecule has 0 saturated heterocycles. The van der Waals surface area contributed by atoms with Gasteiger partial charge in [-0.1, -0.05) is 26.3 Å². The molecule has 0 radical (unpaired) electrons. The minimum absolute atomic E-state index is 0.0190. The number of carbonyl (C=O) groups excluding carboxylic acids is 3. The van der Waals surface area contributed by atoms with Crippen LogP contribution in [-0.4, -0.2) is 29.3 Å². The summed E-state index contributed by atoms with van der Waals surface area (Å²) >= 11 is 0. The van der Waals surface area contributed by atoms with E-state index >= 15 is 4.39 Å². The number of aliphatic hydroxyl groups is 1. The van der Waals surface area contributed by atoms with Gasteiger partial charge in [-0.05, 0) is 51.5 Å². The number of carbonyl (C=O) groups is 3. The van der Waals surface area contributed by atoms with Gasteiger partial charge in [-0.15, -0.1) is 0 Å². The Labute approximate surface area is 213 Å². The molecule has 0 aliphatic carbocycles. The van der Waals surface area contributed by atoms with Crippen molar-refractivity contribution in [3.63, 3.8) is 0 Å². The van der Waals surface area contributed by atoms with Crippen molar-refractivity contribution >= 4 is 17.9 Å². The standard InChI is InChI=1S/C28H27FO8/c1-14(2)25(30)34-18-9-10-19(22(11-18)35-26(31)15(3)4)20-12-21(29)24(37-28(33)17(7)8)13-23(20)36-27(32)16(5)6/h9-13,25,30H,1,3,5,7H2,2,4,6,8H3. The third kappa shape index (κ3) is 7.49. The summed E-state index contributed by atoms with van der Waals surface area (Å²) in [6, 6.07) is 6.04. The maximum Gasteiger partial charge on any atom is 0.338 e. The molecule has 0 bridgehead atoms. The van der Waals surface area contributed by atoms with Crippen molar-refractivity contribution in [1.82, 2.24) is 0 Å². The van der Waals surface area contributed by atoms with E-state index in [1.807, 2.05) is 0 Å². The molecule has 194 valence electrons. The van der Waals surface area contributed by atoms with E-state index in [-0.39, 0.29) is 45.1 Å². The van der Waals surface area contributed by atoms with Crippen LogP contribution < -0.4 is 18.9 Å². The SMILES string of the molecule is C=C(C)C(=O)Oc1cc(OC(=O)C(=C)C)c(-c2ccc(OC(O)C(=C)C)cc2OC(=O)C(=C)C)cc1F. The van der Waals surface area contributed by atoms with Gasteiger partial charge >= 0.3 is 17.9 Å². The number of rotatable bonds is 10. The van der Waals surface area contributed by atoms with E-state index in [0.717, 1.165) is 12.1 Å². The zero-order valence-electron chi connectivity index (χ0n) is 21.0. The largest absolute Gasteiger partial charge is 0.461 e. The summed E-state index contributed by atoms with van der Waals surface area (Å²) < 4.78 is 36.2. The number of esters is 3. The quantitative estimate of drug-likeness (QED) is 0.153. The van der Waals surface area contributed by atoms with Crippen LogP contribution in [0.15, 0.2) is 78.9 Å². The molecule has 1 unspecified atom stereocenters. The Morgan fingerprint density at radius 3 is 1.65 bits per heavy atom. The van der Waals surface area contributed by atoms with Crippen LogP contribution in [0.3, 0.4) is 0 Å². The molecule has 8 nitrogen and oxygen atoms in total. The van der Waals surface area contributed by atoms with Crippen LogP contribution in [-0.2, 0) is 14.4 Å². The zero-order valence-corrected chi connectivity index (χ0v) is 21.0. The van der Waals surface area contributed by atoms with Crippen molar-refractivity contribution in [1.29, 1.82) is 0 Å².